The summed E-state index contributed by atoms with van der Waals surface area (Å²) in [6.07, 6.45) is 0.920. The standard InChI is InChI=1S/C13H12BrNO2/c1-17-10-6-4-9(5-7-10)13(16)12-11(14)3-2-8-15-12/h2-8,13,16H,1H3. The number of pyridine rings is 1. The lowest BCUT2D eigenvalue weighted by Crippen LogP contribution is -2.03. The second-order valence-corrected chi connectivity index (χ2v) is 4.40. The Morgan fingerprint density at radius 2 is 1.94 bits per heavy atom. The minimum atomic E-state index is -0.739. The molecule has 0 aliphatic carbocycles. The van der Waals surface area contributed by atoms with Crippen LogP contribution in [0.15, 0.2) is 47.1 Å². The highest BCUT2D eigenvalue weighted by atomic mass is 79.9. The first kappa shape index (κ1) is 12.1. The summed E-state index contributed by atoms with van der Waals surface area (Å²) >= 11 is 3.38. The first-order chi connectivity index (χ1) is 8.22. The van der Waals surface area contributed by atoms with Gasteiger partial charge in [-0.25, -0.2) is 0 Å². The van der Waals surface area contributed by atoms with Gasteiger partial charge in [0.15, 0.2) is 0 Å². The molecule has 0 bridgehead atoms. The fourth-order valence-corrected chi connectivity index (χ4v) is 2.01. The van der Waals surface area contributed by atoms with Crippen LogP contribution < -0.4 is 4.74 Å². The van der Waals surface area contributed by atoms with Gasteiger partial charge in [-0.05, 0) is 45.8 Å². The van der Waals surface area contributed by atoms with E-state index >= 15 is 0 Å². The van der Waals surface area contributed by atoms with E-state index in [1.165, 1.54) is 0 Å². The molecule has 0 aliphatic heterocycles. The fourth-order valence-electron chi connectivity index (χ4n) is 1.54. The third-order valence-corrected chi connectivity index (χ3v) is 3.15. The van der Waals surface area contributed by atoms with E-state index in [9.17, 15) is 5.11 Å². The Bertz CT molecular complexity index is 499. The summed E-state index contributed by atoms with van der Waals surface area (Å²) in [5.74, 6) is 0.765. The monoisotopic (exact) mass is 293 g/mol. The van der Waals surface area contributed by atoms with Crippen LogP contribution in [0.3, 0.4) is 0 Å². The Balaban J connectivity index is 2.30. The van der Waals surface area contributed by atoms with Crippen molar-refractivity contribution in [3.8, 4) is 5.75 Å². The van der Waals surface area contributed by atoms with Gasteiger partial charge in [0, 0.05) is 10.7 Å². The van der Waals surface area contributed by atoms with E-state index < -0.39 is 6.10 Å². The number of nitrogens with zero attached hydrogens (tertiary/aromatic N) is 1. The number of hydrogen-bond donors (Lipinski definition) is 1. The lowest BCUT2D eigenvalue weighted by molar-refractivity contribution is 0.214. The second-order valence-electron chi connectivity index (χ2n) is 3.55. The molecule has 0 amide bonds. The highest BCUT2D eigenvalue weighted by molar-refractivity contribution is 9.10. The predicted molar refractivity (Wildman–Crippen MR) is 69.0 cm³/mol. The lowest BCUT2D eigenvalue weighted by atomic mass is 10.1. The molecular formula is C13H12BrNO2. The largest absolute Gasteiger partial charge is 0.497 e. The second kappa shape index (κ2) is 5.29. The number of aromatic nitrogens is 1. The zero-order chi connectivity index (χ0) is 12.3. The maximum absolute atomic E-state index is 10.2. The highest BCUT2D eigenvalue weighted by Crippen LogP contribution is 2.27. The summed E-state index contributed by atoms with van der Waals surface area (Å²) in [5.41, 5.74) is 1.39. The number of aliphatic hydroxyl groups is 1. The van der Waals surface area contributed by atoms with E-state index in [4.69, 9.17) is 4.74 Å². The Hall–Kier alpha value is -1.39. The third kappa shape index (κ3) is 2.65. The van der Waals surface area contributed by atoms with E-state index in [1.807, 2.05) is 36.4 Å². The van der Waals surface area contributed by atoms with Crippen molar-refractivity contribution in [1.29, 1.82) is 0 Å². The van der Waals surface area contributed by atoms with Crippen molar-refractivity contribution in [1.82, 2.24) is 4.98 Å². The van der Waals surface area contributed by atoms with Crippen LogP contribution in [0.4, 0.5) is 0 Å². The van der Waals surface area contributed by atoms with Crippen LogP contribution in [0.5, 0.6) is 5.75 Å². The molecule has 0 fully saturated rings. The van der Waals surface area contributed by atoms with Crippen molar-refractivity contribution in [2.75, 3.05) is 7.11 Å². The van der Waals surface area contributed by atoms with Crippen LogP contribution in [0, 0.1) is 0 Å². The minimum Gasteiger partial charge on any atom is -0.497 e. The molecule has 0 aliphatic rings. The van der Waals surface area contributed by atoms with Gasteiger partial charge >= 0.3 is 0 Å². The van der Waals surface area contributed by atoms with Crippen LogP contribution >= 0.6 is 15.9 Å². The molecule has 2 aromatic rings. The molecule has 1 aromatic heterocycles. The number of methoxy groups -OCH3 is 1. The summed E-state index contributed by atoms with van der Waals surface area (Å²) in [6, 6.07) is 10.9. The van der Waals surface area contributed by atoms with Crippen molar-refractivity contribution >= 4 is 15.9 Å². The number of benzene rings is 1. The van der Waals surface area contributed by atoms with Gasteiger partial charge in [0.25, 0.3) is 0 Å². The topological polar surface area (TPSA) is 42.4 Å². The molecule has 88 valence electrons. The van der Waals surface area contributed by atoms with Gasteiger partial charge < -0.3 is 9.84 Å². The molecule has 1 N–H and O–H groups in total. The molecule has 0 radical (unpaired) electrons. The molecule has 3 nitrogen and oxygen atoms in total. The van der Waals surface area contributed by atoms with Crippen LogP contribution in [-0.2, 0) is 0 Å². The summed E-state index contributed by atoms with van der Waals surface area (Å²) in [4.78, 5) is 4.17. The number of aliphatic hydroxyl groups excluding tert-OH is 1. The van der Waals surface area contributed by atoms with Gasteiger partial charge in [-0.3, -0.25) is 4.98 Å². The molecular weight excluding hydrogens is 282 g/mol. The maximum atomic E-state index is 10.2. The summed E-state index contributed by atoms with van der Waals surface area (Å²) in [6.45, 7) is 0. The van der Waals surface area contributed by atoms with Crippen molar-refractivity contribution in [3.63, 3.8) is 0 Å². The van der Waals surface area contributed by atoms with E-state index in [0.29, 0.717) is 5.69 Å². The summed E-state index contributed by atoms with van der Waals surface area (Å²) in [5, 5.41) is 10.2. The zero-order valence-electron chi connectivity index (χ0n) is 9.30. The Morgan fingerprint density at radius 3 is 2.53 bits per heavy atom. The van der Waals surface area contributed by atoms with Gasteiger partial charge in [-0.15, -0.1) is 0 Å². The molecule has 0 spiro atoms. The molecule has 17 heavy (non-hydrogen) atoms. The molecule has 0 saturated carbocycles. The van der Waals surface area contributed by atoms with E-state index in [2.05, 4.69) is 20.9 Å². The van der Waals surface area contributed by atoms with Crippen molar-refractivity contribution in [3.05, 3.63) is 58.3 Å². The smallest absolute Gasteiger partial charge is 0.122 e. The third-order valence-electron chi connectivity index (χ3n) is 2.48. The van der Waals surface area contributed by atoms with Crippen molar-refractivity contribution in [2.24, 2.45) is 0 Å². The average Bonchev–Trinajstić information content (AvgIpc) is 2.39. The number of hydrogen-bond acceptors (Lipinski definition) is 3. The SMILES string of the molecule is COc1ccc(C(O)c2ncccc2Br)cc1. The Kier molecular flexibility index (Phi) is 3.76. The van der Waals surface area contributed by atoms with Gasteiger partial charge in [0.05, 0.1) is 12.8 Å². The van der Waals surface area contributed by atoms with Crippen molar-refractivity contribution < 1.29 is 9.84 Å². The van der Waals surface area contributed by atoms with Crippen molar-refractivity contribution in [2.45, 2.75) is 6.10 Å². The van der Waals surface area contributed by atoms with Crippen LogP contribution in [0.25, 0.3) is 0 Å². The van der Waals surface area contributed by atoms with E-state index in [0.717, 1.165) is 15.8 Å². The van der Waals surface area contributed by atoms with E-state index in [-0.39, 0.29) is 0 Å². The molecule has 1 unspecified atom stereocenters. The van der Waals surface area contributed by atoms with Crippen LogP contribution in [0.2, 0.25) is 0 Å². The molecule has 2 rings (SSSR count). The van der Waals surface area contributed by atoms with E-state index in [1.54, 1.807) is 13.3 Å². The molecule has 1 atom stereocenters. The van der Waals surface area contributed by atoms with Gasteiger partial charge in [0.2, 0.25) is 0 Å². The lowest BCUT2D eigenvalue weighted by Gasteiger charge is -2.12. The summed E-state index contributed by atoms with van der Waals surface area (Å²) < 4.78 is 5.87. The molecule has 4 heteroatoms. The Morgan fingerprint density at radius 1 is 1.24 bits per heavy atom. The number of ether oxygens (including phenoxy) is 1. The number of halogens is 1. The molecule has 1 aromatic carbocycles. The van der Waals surface area contributed by atoms with Crippen LogP contribution in [0.1, 0.15) is 17.4 Å². The first-order valence-electron chi connectivity index (χ1n) is 5.15. The highest BCUT2D eigenvalue weighted by Gasteiger charge is 2.14. The Labute approximate surface area is 108 Å². The van der Waals surface area contributed by atoms with Gasteiger partial charge in [0.1, 0.15) is 11.9 Å². The van der Waals surface area contributed by atoms with Gasteiger partial charge in [-0.1, -0.05) is 12.1 Å². The maximum Gasteiger partial charge on any atom is 0.122 e. The van der Waals surface area contributed by atoms with Gasteiger partial charge in [-0.2, -0.15) is 0 Å². The fraction of sp³-hybridized carbons (Fsp3) is 0.154. The average molecular weight is 294 g/mol. The normalized spacial score (nSPS) is 12.2. The molecule has 0 saturated heterocycles. The minimum absolute atomic E-state index is 0.609. The predicted octanol–water partition coefficient (Wildman–Crippen LogP) is 2.93. The quantitative estimate of drug-likeness (QED) is 0.946. The summed E-state index contributed by atoms with van der Waals surface area (Å²) in [7, 11) is 1.61. The molecule has 1 heterocycles. The number of rotatable bonds is 3. The van der Waals surface area contributed by atoms with Crippen LogP contribution in [-0.4, -0.2) is 17.2 Å². The zero-order valence-corrected chi connectivity index (χ0v) is 10.9. The first-order valence-corrected chi connectivity index (χ1v) is 5.94.